The van der Waals surface area contributed by atoms with E-state index in [0.29, 0.717) is 12.4 Å². The summed E-state index contributed by atoms with van der Waals surface area (Å²) in [4.78, 5) is 0. The fourth-order valence-corrected chi connectivity index (χ4v) is 2.09. The predicted octanol–water partition coefficient (Wildman–Crippen LogP) is 2.82. The SMILES string of the molecule is C=C(OCC)C(=C)C(c1ccc(C)cc1)C(C)[NH3+]. The number of aryl methyl sites for hydroxylation is 1. The van der Waals surface area contributed by atoms with Crippen LogP contribution in [0.5, 0.6) is 0 Å². The second kappa shape index (κ2) is 6.41. The van der Waals surface area contributed by atoms with Gasteiger partial charge in [0.1, 0.15) is 5.76 Å². The average Bonchev–Trinajstić information content (AvgIpc) is 2.31. The number of quaternary nitrogens is 1. The van der Waals surface area contributed by atoms with Gasteiger partial charge in [0.15, 0.2) is 0 Å². The molecule has 0 radical (unpaired) electrons. The molecule has 2 heteroatoms. The molecular formula is C16H24NO+. The van der Waals surface area contributed by atoms with Crippen LogP contribution in [0.1, 0.15) is 30.9 Å². The second-order valence-electron chi connectivity index (χ2n) is 4.75. The van der Waals surface area contributed by atoms with E-state index in [1.54, 1.807) is 0 Å². The maximum Gasteiger partial charge on any atom is 0.115 e. The van der Waals surface area contributed by atoms with Gasteiger partial charge in [-0.25, -0.2) is 0 Å². The first-order valence-corrected chi connectivity index (χ1v) is 6.37. The molecule has 2 atom stereocenters. The summed E-state index contributed by atoms with van der Waals surface area (Å²) in [7, 11) is 0. The Morgan fingerprint density at radius 2 is 1.83 bits per heavy atom. The molecule has 0 aliphatic heterocycles. The number of benzene rings is 1. The topological polar surface area (TPSA) is 36.9 Å². The van der Waals surface area contributed by atoms with Crippen molar-refractivity contribution in [1.82, 2.24) is 0 Å². The summed E-state index contributed by atoms with van der Waals surface area (Å²) >= 11 is 0. The molecule has 1 aromatic carbocycles. The van der Waals surface area contributed by atoms with Crippen molar-refractivity contribution in [2.45, 2.75) is 32.7 Å². The molecule has 0 fully saturated rings. The smallest absolute Gasteiger partial charge is 0.115 e. The van der Waals surface area contributed by atoms with Crippen LogP contribution in [-0.4, -0.2) is 12.6 Å². The Kier molecular flexibility index (Phi) is 5.17. The van der Waals surface area contributed by atoms with Gasteiger partial charge in [-0.05, 0) is 31.9 Å². The summed E-state index contributed by atoms with van der Waals surface area (Å²) in [6.07, 6.45) is 0. The Morgan fingerprint density at radius 1 is 1.28 bits per heavy atom. The Hall–Kier alpha value is -1.54. The minimum Gasteiger partial charge on any atom is -0.494 e. The molecule has 0 amide bonds. The molecule has 0 aliphatic rings. The van der Waals surface area contributed by atoms with Gasteiger partial charge in [0, 0.05) is 0 Å². The predicted molar refractivity (Wildman–Crippen MR) is 76.2 cm³/mol. The van der Waals surface area contributed by atoms with E-state index in [9.17, 15) is 0 Å². The molecule has 2 unspecified atom stereocenters. The number of allylic oxidation sites excluding steroid dienone is 1. The van der Waals surface area contributed by atoms with Crippen LogP contribution in [0.4, 0.5) is 0 Å². The van der Waals surface area contributed by atoms with Crippen molar-refractivity contribution in [2.75, 3.05) is 6.61 Å². The van der Waals surface area contributed by atoms with E-state index in [1.807, 2.05) is 6.92 Å². The van der Waals surface area contributed by atoms with E-state index < -0.39 is 0 Å². The van der Waals surface area contributed by atoms with E-state index in [1.165, 1.54) is 11.1 Å². The van der Waals surface area contributed by atoms with Crippen LogP contribution in [0.15, 0.2) is 48.8 Å². The molecule has 3 N–H and O–H groups in total. The van der Waals surface area contributed by atoms with Crippen molar-refractivity contribution < 1.29 is 10.5 Å². The minimum absolute atomic E-state index is 0.157. The van der Waals surface area contributed by atoms with Gasteiger partial charge in [-0.3, -0.25) is 0 Å². The molecule has 0 bridgehead atoms. The molecule has 18 heavy (non-hydrogen) atoms. The molecular weight excluding hydrogens is 222 g/mol. The lowest BCUT2D eigenvalue weighted by Crippen LogP contribution is -2.62. The number of ether oxygens (including phenoxy) is 1. The molecule has 0 heterocycles. The van der Waals surface area contributed by atoms with Crippen molar-refractivity contribution in [2.24, 2.45) is 0 Å². The van der Waals surface area contributed by atoms with Crippen LogP contribution >= 0.6 is 0 Å². The van der Waals surface area contributed by atoms with Crippen LogP contribution in [0.3, 0.4) is 0 Å². The number of hydrogen-bond donors (Lipinski definition) is 1. The first kappa shape index (κ1) is 14.5. The summed E-state index contributed by atoms with van der Waals surface area (Å²) in [5.41, 5.74) is 7.53. The largest absolute Gasteiger partial charge is 0.494 e. The Labute approximate surface area is 110 Å². The Morgan fingerprint density at radius 3 is 2.28 bits per heavy atom. The monoisotopic (exact) mass is 246 g/mol. The highest BCUT2D eigenvalue weighted by atomic mass is 16.5. The third-order valence-electron chi connectivity index (χ3n) is 3.06. The van der Waals surface area contributed by atoms with Crippen LogP contribution in [0.2, 0.25) is 0 Å². The Balaban J connectivity index is 2.99. The van der Waals surface area contributed by atoms with Gasteiger partial charge < -0.3 is 10.5 Å². The quantitative estimate of drug-likeness (QED) is 0.608. The molecule has 0 aromatic heterocycles. The van der Waals surface area contributed by atoms with Crippen LogP contribution < -0.4 is 5.73 Å². The van der Waals surface area contributed by atoms with Crippen LogP contribution in [-0.2, 0) is 4.74 Å². The standard InChI is InChI=1S/C16H23NO/c1-6-18-14(5)12(3)16(13(4)17)15-9-7-11(2)8-10-15/h7-10,13,16H,3,5-6,17H2,1-2,4H3/p+1. The molecule has 0 saturated carbocycles. The molecule has 1 rings (SSSR count). The van der Waals surface area contributed by atoms with Gasteiger partial charge in [-0.2, -0.15) is 0 Å². The first-order valence-electron chi connectivity index (χ1n) is 6.37. The summed E-state index contributed by atoms with van der Waals surface area (Å²) in [5.74, 6) is 0.822. The van der Waals surface area contributed by atoms with E-state index in [0.717, 1.165) is 5.57 Å². The fraction of sp³-hybridized carbons (Fsp3) is 0.375. The second-order valence-corrected chi connectivity index (χ2v) is 4.75. The summed E-state index contributed by atoms with van der Waals surface area (Å²) < 4.78 is 5.46. The lowest BCUT2D eigenvalue weighted by Gasteiger charge is -2.23. The third-order valence-corrected chi connectivity index (χ3v) is 3.06. The fourth-order valence-electron chi connectivity index (χ4n) is 2.09. The van der Waals surface area contributed by atoms with Gasteiger partial charge >= 0.3 is 0 Å². The zero-order valence-corrected chi connectivity index (χ0v) is 11.7. The van der Waals surface area contributed by atoms with Gasteiger partial charge in [0.05, 0.1) is 18.6 Å². The molecule has 1 aromatic rings. The Bertz CT molecular complexity index is 417. The highest BCUT2D eigenvalue weighted by Crippen LogP contribution is 2.30. The average molecular weight is 246 g/mol. The van der Waals surface area contributed by atoms with Crippen molar-refractivity contribution >= 4 is 0 Å². The van der Waals surface area contributed by atoms with Gasteiger partial charge in [-0.15, -0.1) is 0 Å². The molecule has 98 valence electrons. The molecule has 2 nitrogen and oxygen atoms in total. The zero-order valence-electron chi connectivity index (χ0n) is 11.7. The first-order chi connectivity index (χ1) is 8.47. The van der Waals surface area contributed by atoms with Gasteiger partial charge in [0.2, 0.25) is 0 Å². The minimum atomic E-state index is 0.157. The lowest BCUT2D eigenvalue weighted by molar-refractivity contribution is -0.417. The van der Waals surface area contributed by atoms with Crippen molar-refractivity contribution in [1.29, 1.82) is 0 Å². The zero-order chi connectivity index (χ0) is 13.7. The van der Waals surface area contributed by atoms with E-state index in [2.05, 4.69) is 57.0 Å². The highest BCUT2D eigenvalue weighted by molar-refractivity contribution is 5.37. The molecule has 0 spiro atoms. The summed E-state index contributed by atoms with van der Waals surface area (Å²) in [5, 5.41) is 0. The lowest BCUT2D eigenvalue weighted by atomic mass is 9.85. The van der Waals surface area contributed by atoms with Gasteiger partial charge in [-0.1, -0.05) is 43.0 Å². The highest BCUT2D eigenvalue weighted by Gasteiger charge is 2.24. The normalized spacial score (nSPS) is 13.8. The van der Waals surface area contributed by atoms with E-state index >= 15 is 0 Å². The summed E-state index contributed by atoms with van der Waals surface area (Å²) in [6, 6.07) is 8.71. The van der Waals surface area contributed by atoms with Crippen molar-refractivity contribution in [3.63, 3.8) is 0 Å². The maximum absolute atomic E-state index is 5.46. The summed E-state index contributed by atoms with van der Waals surface area (Å²) in [6.45, 7) is 14.8. The third kappa shape index (κ3) is 3.47. The van der Waals surface area contributed by atoms with Crippen LogP contribution in [0.25, 0.3) is 0 Å². The molecule has 0 saturated heterocycles. The maximum atomic E-state index is 5.46. The van der Waals surface area contributed by atoms with Crippen molar-refractivity contribution in [3.8, 4) is 0 Å². The number of rotatable bonds is 6. The number of hydrogen-bond acceptors (Lipinski definition) is 1. The van der Waals surface area contributed by atoms with E-state index in [4.69, 9.17) is 4.74 Å². The van der Waals surface area contributed by atoms with Gasteiger partial charge in [0.25, 0.3) is 0 Å². The van der Waals surface area contributed by atoms with Crippen molar-refractivity contribution in [3.05, 3.63) is 59.9 Å². The van der Waals surface area contributed by atoms with E-state index in [-0.39, 0.29) is 12.0 Å². The van der Waals surface area contributed by atoms with Crippen LogP contribution in [0, 0.1) is 6.92 Å². The molecule has 0 aliphatic carbocycles.